The molecule has 7 heteroatoms. The summed E-state index contributed by atoms with van der Waals surface area (Å²) >= 11 is 0.814. The first kappa shape index (κ1) is 19.8. The van der Waals surface area contributed by atoms with Crippen LogP contribution in [0, 0.1) is 6.92 Å². The maximum Gasteiger partial charge on any atom is 0.294 e. The maximum atomic E-state index is 12.5. The molecule has 1 aliphatic heterocycles. The molecular weight excluding hydrogens is 374 g/mol. The summed E-state index contributed by atoms with van der Waals surface area (Å²) in [6.07, 6.45) is 1.57. The highest BCUT2D eigenvalue weighted by Crippen LogP contribution is 2.31. The highest BCUT2D eigenvalue weighted by molar-refractivity contribution is 8.18. The molecule has 0 spiro atoms. The summed E-state index contributed by atoms with van der Waals surface area (Å²) in [5.74, 6) is -0.507. The fraction of sp³-hybridized carbons (Fsp3) is 0.238. The Morgan fingerprint density at radius 2 is 1.89 bits per heavy atom. The van der Waals surface area contributed by atoms with Gasteiger partial charge in [0.05, 0.1) is 10.6 Å². The number of pyridine rings is 1. The number of aromatic nitrogens is 1. The fourth-order valence-corrected chi connectivity index (χ4v) is 3.53. The number of aryl methyl sites for hydroxylation is 1. The summed E-state index contributed by atoms with van der Waals surface area (Å²) in [5.41, 5.74) is 3.20. The SMILES string of the molecule is Cc1cccc(/C=C2/SC(=O)N(CC(=O)Nc3ccc(C(C)C)cc3)C2=O)n1. The second-order valence-electron chi connectivity index (χ2n) is 6.80. The van der Waals surface area contributed by atoms with Crippen molar-refractivity contribution >= 4 is 40.6 Å². The van der Waals surface area contributed by atoms with Crippen LogP contribution in [-0.2, 0) is 9.59 Å². The van der Waals surface area contributed by atoms with Crippen LogP contribution in [0.3, 0.4) is 0 Å². The van der Waals surface area contributed by atoms with Gasteiger partial charge in [-0.1, -0.05) is 32.0 Å². The molecule has 1 aliphatic rings. The van der Waals surface area contributed by atoms with Gasteiger partial charge in [0.15, 0.2) is 0 Å². The lowest BCUT2D eigenvalue weighted by Gasteiger charge is -2.13. The van der Waals surface area contributed by atoms with Crippen molar-refractivity contribution in [3.8, 4) is 0 Å². The van der Waals surface area contributed by atoms with Gasteiger partial charge >= 0.3 is 0 Å². The van der Waals surface area contributed by atoms with Crippen molar-refractivity contribution in [3.05, 3.63) is 64.3 Å². The van der Waals surface area contributed by atoms with E-state index in [1.165, 1.54) is 5.56 Å². The van der Waals surface area contributed by atoms with E-state index in [1.54, 1.807) is 12.1 Å². The van der Waals surface area contributed by atoms with Gasteiger partial charge in [0.1, 0.15) is 6.54 Å². The molecule has 1 N–H and O–H groups in total. The number of nitrogens with one attached hydrogen (secondary N) is 1. The normalized spacial score (nSPS) is 15.6. The smallest absolute Gasteiger partial charge is 0.294 e. The van der Waals surface area contributed by atoms with Crippen LogP contribution >= 0.6 is 11.8 Å². The van der Waals surface area contributed by atoms with Crippen molar-refractivity contribution in [3.63, 3.8) is 0 Å². The molecule has 0 radical (unpaired) electrons. The monoisotopic (exact) mass is 395 g/mol. The minimum atomic E-state index is -0.483. The Kier molecular flexibility index (Phi) is 5.94. The number of nitrogens with zero attached hydrogens (tertiary/aromatic N) is 2. The van der Waals surface area contributed by atoms with Crippen LogP contribution in [0.2, 0.25) is 0 Å². The van der Waals surface area contributed by atoms with Crippen molar-refractivity contribution in [1.82, 2.24) is 9.88 Å². The molecule has 3 rings (SSSR count). The molecule has 144 valence electrons. The van der Waals surface area contributed by atoms with E-state index >= 15 is 0 Å². The van der Waals surface area contributed by atoms with Crippen LogP contribution < -0.4 is 5.32 Å². The number of hydrogen-bond donors (Lipinski definition) is 1. The zero-order valence-corrected chi connectivity index (χ0v) is 16.7. The average molecular weight is 395 g/mol. The van der Waals surface area contributed by atoms with Gasteiger partial charge in [0.2, 0.25) is 5.91 Å². The third kappa shape index (κ3) is 4.67. The Morgan fingerprint density at radius 1 is 1.18 bits per heavy atom. The third-order valence-electron chi connectivity index (χ3n) is 4.23. The Bertz CT molecular complexity index is 952. The zero-order valence-electron chi connectivity index (χ0n) is 15.9. The Balaban J connectivity index is 1.66. The number of carbonyl (C=O) groups is 3. The van der Waals surface area contributed by atoms with Crippen LogP contribution in [0.5, 0.6) is 0 Å². The molecule has 2 aromatic rings. The predicted octanol–water partition coefficient (Wildman–Crippen LogP) is 4.19. The first-order valence-electron chi connectivity index (χ1n) is 8.92. The quantitative estimate of drug-likeness (QED) is 0.768. The molecule has 6 nitrogen and oxygen atoms in total. The molecule has 0 atom stereocenters. The van der Waals surface area contributed by atoms with Gasteiger partial charge in [-0.05, 0) is 60.5 Å². The summed E-state index contributed by atoms with van der Waals surface area (Å²) in [5, 5.41) is 2.26. The molecule has 28 heavy (non-hydrogen) atoms. The maximum absolute atomic E-state index is 12.5. The number of benzene rings is 1. The van der Waals surface area contributed by atoms with Crippen LogP contribution in [0.15, 0.2) is 47.4 Å². The van der Waals surface area contributed by atoms with Gasteiger partial charge in [0, 0.05) is 11.4 Å². The Labute approximate surface area is 168 Å². The van der Waals surface area contributed by atoms with Gasteiger partial charge in [-0.15, -0.1) is 0 Å². The fourth-order valence-electron chi connectivity index (χ4n) is 2.71. The first-order chi connectivity index (χ1) is 13.3. The number of hydrogen-bond acceptors (Lipinski definition) is 5. The summed E-state index contributed by atoms with van der Waals surface area (Å²) in [7, 11) is 0. The highest BCUT2D eigenvalue weighted by Gasteiger charge is 2.36. The highest BCUT2D eigenvalue weighted by atomic mass is 32.2. The van der Waals surface area contributed by atoms with Gasteiger partial charge in [-0.25, -0.2) is 0 Å². The van der Waals surface area contributed by atoms with Crippen molar-refractivity contribution < 1.29 is 14.4 Å². The third-order valence-corrected chi connectivity index (χ3v) is 5.13. The molecule has 1 aromatic heterocycles. The van der Waals surface area contributed by atoms with Gasteiger partial charge in [-0.3, -0.25) is 24.3 Å². The number of thioether (sulfide) groups is 1. The summed E-state index contributed by atoms with van der Waals surface area (Å²) in [6.45, 7) is 5.71. The minimum Gasteiger partial charge on any atom is -0.325 e. The van der Waals surface area contributed by atoms with Crippen molar-refractivity contribution in [2.24, 2.45) is 0 Å². The van der Waals surface area contributed by atoms with E-state index < -0.39 is 17.1 Å². The molecule has 0 unspecified atom stereocenters. The van der Waals surface area contributed by atoms with E-state index in [1.807, 2.05) is 43.3 Å². The van der Waals surface area contributed by atoms with E-state index in [2.05, 4.69) is 24.1 Å². The van der Waals surface area contributed by atoms with Gasteiger partial charge in [-0.2, -0.15) is 0 Å². The van der Waals surface area contributed by atoms with Gasteiger partial charge < -0.3 is 5.32 Å². The molecule has 0 saturated carbocycles. The van der Waals surface area contributed by atoms with E-state index in [4.69, 9.17) is 0 Å². The van der Waals surface area contributed by atoms with E-state index in [0.717, 1.165) is 22.4 Å². The number of anilines is 1. The first-order valence-corrected chi connectivity index (χ1v) is 9.74. The van der Waals surface area contributed by atoms with Crippen LogP contribution in [-0.4, -0.2) is 33.5 Å². The lowest BCUT2D eigenvalue weighted by molar-refractivity contribution is -0.127. The molecule has 3 amide bonds. The van der Waals surface area contributed by atoms with E-state index in [-0.39, 0.29) is 11.4 Å². The molecule has 2 heterocycles. The molecule has 1 aromatic carbocycles. The molecule has 0 bridgehead atoms. The van der Waals surface area contributed by atoms with Crippen LogP contribution in [0.25, 0.3) is 6.08 Å². The predicted molar refractivity (Wildman–Crippen MR) is 111 cm³/mol. The molecule has 0 aliphatic carbocycles. The second kappa shape index (κ2) is 8.39. The van der Waals surface area contributed by atoms with Crippen molar-refractivity contribution in [2.45, 2.75) is 26.7 Å². The standard InChI is InChI=1S/C21H21N3O3S/c1-13(2)15-7-9-16(10-8-15)23-19(25)12-24-20(26)18(28-21(24)27)11-17-6-4-5-14(3)22-17/h4-11,13H,12H2,1-3H3,(H,23,25)/b18-11+. The summed E-state index contributed by atoms with van der Waals surface area (Å²) in [6, 6.07) is 12.9. The minimum absolute atomic E-state index is 0.261. The van der Waals surface area contributed by atoms with E-state index in [9.17, 15) is 14.4 Å². The topological polar surface area (TPSA) is 79.4 Å². The van der Waals surface area contributed by atoms with E-state index in [0.29, 0.717) is 17.3 Å². The largest absolute Gasteiger partial charge is 0.325 e. The number of carbonyl (C=O) groups excluding carboxylic acids is 3. The molecule has 1 fully saturated rings. The Morgan fingerprint density at radius 3 is 2.54 bits per heavy atom. The molecule has 1 saturated heterocycles. The lowest BCUT2D eigenvalue weighted by atomic mass is 10.0. The summed E-state index contributed by atoms with van der Waals surface area (Å²) in [4.78, 5) is 42.5. The Hall–Kier alpha value is -2.93. The average Bonchev–Trinajstić information content (AvgIpc) is 2.89. The number of imide groups is 1. The van der Waals surface area contributed by atoms with Crippen molar-refractivity contribution in [2.75, 3.05) is 11.9 Å². The lowest BCUT2D eigenvalue weighted by Crippen LogP contribution is -2.36. The van der Waals surface area contributed by atoms with Crippen LogP contribution in [0.1, 0.15) is 36.7 Å². The number of rotatable bonds is 5. The van der Waals surface area contributed by atoms with Crippen molar-refractivity contribution in [1.29, 1.82) is 0 Å². The second-order valence-corrected chi connectivity index (χ2v) is 7.79. The summed E-state index contributed by atoms with van der Waals surface area (Å²) < 4.78 is 0. The zero-order chi connectivity index (χ0) is 20.3. The molecular formula is C21H21N3O3S. The number of amides is 3. The van der Waals surface area contributed by atoms with Gasteiger partial charge in [0.25, 0.3) is 11.1 Å². The van der Waals surface area contributed by atoms with Crippen LogP contribution in [0.4, 0.5) is 10.5 Å².